The van der Waals surface area contributed by atoms with Gasteiger partial charge in [-0.05, 0) is 55.2 Å². The van der Waals surface area contributed by atoms with Crippen LogP contribution < -0.4 is 10.1 Å². The zero-order valence-corrected chi connectivity index (χ0v) is 19.9. The normalized spacial score (nSPS) is 12.1. The molecule has 35 heavy (non-hydrogen) atoms. The minimum absolute atomic E-state index is 0.301. The molecule has 1 aliphatic rings. The van der Waals surface area contributed by atoms with Crippen LogP contribution >= 0.6 is 23.2 Å². The van der Waals surface area contributed by atoms with Crippen LogP contribution in [0.1, 0.15) is 27.9 Å². The van der Waals surface area contributed by atoms with E-state index in [0.29, 0.717) is 22.2 Å². The average molecular weight is 526 g/mol. The number of benzene rings is 3. The number of hydrogen-bond acceptors (Lipinski definition) is 3. The summed E-state index contributed by atoms with van der Waals surface area (Å²) in [6.07, 6.45) is 1.98. The zero-order valence-electron chi connectivity index (χ0n) is 18.4. The predicted molar refractivity (Wildman–Crippen MR) is 127 cm³/mol. The third-order valence-corrected chi connectivity index (χ3v) is 5.77. The first kappa shape index (κ1) is 26.4. The van der Waals surface area contributed by atoms with Crippen LogP contribution in [0.25, 0.3) is 11.1 Å². The molecule has 10 heteroatoms. The summed E-state index contributed by atoms with van der Waals surface area (Å²) in [7, 11) is 0. The van der Waals surface area contributed by atoms with Gasteiger partial charge >= 0.3 is 5.97 Å². The summed E-state index contributed by atoms with van der Waals surface area (Å²) in [4.78, 5) is 21.2. The van der Waals surface area contributed by atoms with E-state index >= 15 is 0 Å². The Hall–Kier alpha value is -3.23. The summed E-state index contributed by atoms with van der Waals surface area (Å²) >= 11 is 12.3. The second-order valence-corrected chi connectivity index (χ2v) is 8.42. The molecule has 4 rings (SSSR count). The summed E-state index contributed by atoms with van der Waals surface area (Å²) in [5.41, 5.74) is 3.06. The van der Waals surface area contributed by atoms with E-state index in [2.05, 4.69) is 6.92 Å². The van der Waals surface area contributed by atoms with Crippen molar-refractivity contribution in [3.8, 4) is 16.9 Å². The Morgan fingerprint density at radius 3 is 2.29 bits per heavy atom. The average Bonchev–Trinajstić information content (AvgIpc) is 2.79. The molecule has 0 spiro atoms. The Bertz CT molecular complexity index is 1240. The maximum absolute atomic E-state index is 13.3. The molecule has 0 bridgehead atoms. The fourth-order valence-electron chi connectivity index (χ4n) is 3.58. The number of ether oxygens (including phenoxy) is 1. The largest absolute Gasteiger partial charge is 0.493 e. The molecule has 0 fully saturated rings. The van der Waals surface area contributed by atoms with Crippen molar-refractivity contribution in [2.24, 2.45) is 0 Å². The molecule has 0 unspecified atom stereocenters. The number of fused-ring (bicyclic) bond motifs is 1. The van der Waals surface area contributed by atoms with Gasteiger partial charge in [0.15, 0.2) is 0 Å². The number of carboxylic acid groups (broad SMARTS) is 1. The third-order valence-electron chi connectivity index (χ3n) is 5.18. The molecule has 2 N–H and O–H groups in total. The van der Waals surface area contributed by atoms with Crippen LogP contribution in [0.15, 0.2) is 42.5 Å². The number of rotatable bonds is 4. The van der Waals surface area contributed by atoms with Crippen molar-refractivity contribution in [2.75, 3.05) is 13.2 Å². The lowest BCUT2D eigenvalue weighted by molar-refractivity contribution is -0.135. The van der Waals surface area contributed by atoms with Gasteiger partial charge in [0.25, 0.3) is 5.91 Å². The first-order valence-corrected chi connectivity index (χ1v) is 11.2. The quantitative estimate of drug-likeness (QED) is 0.424. The minimum atomic E-state index is -1.29. The second kappa shape index (κ2) is 11.5. The van der Waals surface area contributed by atoms with E-state index in [1.807, 2.05) is 17.4 Å². The van der Waals surface area contributed by atoms with Gasteiger partial charge in [-0.3, -0.25) is 9.59 Å². The van der Waals surface area contributed by atoms with E-state index in [0.717, 1.165) is 42.4 Å². The van der Waals surface area contributed by atoms with Crippen LogP contribution in [0.3, 0.4) is 0 Å². The third kappa shape index (κ3) is 6.26. The maximum Gasteiger partial charge on any atom is 0.322 e. The van der Waals surface area contributed by atoms with Crippen molar-refractivity contribution in [3.05, 3.63) is 86.7 Å². The van der Waals surface area contributed by atoms with Gasteiger partial charge < -0.3 is 15.2 Å². The Morgan fingerprint density at radius 1 is 1.06 bits per heavy atom. The van der Waals surface area contributed by atoms with E-state index in [1.54, 1.807) is 0 Å². The van der Waals surface area contributed by atoms with Gasteiger partial charge in [0.1, 0.15) is 35.3 Å². The molecule has 184 valence electrons. The molecule has 0 aliphatic carbocycles. The van der Waals surface area contributed by atoms with Crippen molar-refractivity contribution in [3.63, 3.8) is 0 Å². The summed E-state index contributed by atoms with van der Waals surface area (Å²) in [5.74, 6) is -4.05. The topological polar surface area (TPSA) is 75.6 Å². The molecule has 0 saturated heterocycles. The van der Waals surface area contributed by atoms with Crippen molar-refractivity contribution in [1.82, 2.24) is 5.32 Å². The lowest BCUT2D eigenvalue weighted by Gasteiger charge is -2.23. The van der Waals surface area contributed by atoms with Crippen LogP contribution in [-0.4, -0.2) is 30.1 Å². The standard InChI is InChI=1S/C16H13Cl2FO.C9H7F2NO3/c1-9-4-5-12(16-11(9)3-2-6-20-16)15-13(17)7-10(19)8-14(15)18;10-5-2-1-3-6(11)8(5)9(15)12-4-7(13)14/h4-5,7-8H,2-3,6H2,1H3;1-3H,4H2,(H,12,15)(H,13,14). The Kier molecular flexibility index (Phi) is 8.64. The highest BCUT2D eigenvalue weighted by molar-refractivity contribution is 6.39. The van der Waals surface area contributed by atoms with Crippen LogP contribution in [-0.2, 0) is 11.2 Å². The number of amides is 1. The zero-order chi connectivity index (χ0) is 25.7. The molecule has 1 amide bonds. The lowest BCUT2D eigenvalue weighted by atomic mass is 9.94. The van der Waals surface area contributed by atoms with Crippen LogP contribution in [0, 0.1) is 24.4 Å². The molecule has 0 aromatic heterocycles. The van der Waals surface area contributed by atoms with Crippen LogP contribution in [0.2, 0.25) is 10.0 Å². The number of nitrogens with one attached hydrogen (secondary N) is 1. The number of halogens is 5. The number of hydrogen-bond donors (Lipinski definition) is 2. The summed E-state index contributed by atoms with van der Waals surface area (Å²) < 4.78 is 45.1. The molecule has 1 heterocycles. The van der Waals surface area contributed by atoms with Gasteiger partial charge in [0.2, 0.25) is 0 Å². The molecule has 0 radical (unpaired) electrons. The Balaban J connectivity index is 0.000000205. The molecule has 3 aromatic rings. The van der Waals surface area contributed by atoms with Gasteiger partial charge in [0, 0.05) is 11.1 Å². The monoisotopic (exact) mass is 525 g/mol. The molecular weight excluding hydrogens is 506 g/mol. The van der Waals surface area contributed by atoms with E-state index in [1.165, 1.54) is 23.3 Å². The number of carbonyl (C=O) groups excluding carboxylic acids is 1. The number of aliphatic carboxylic acids is 1. The smallest absolute Gasteiger partial charge is 0.322 e. The van der Waals surface area contributed by atoms with Gasteiger partial charge in [0.05, 0.1) is 16.7 Å². The molecular formula is C25H20Cl2F3NO4. The summed E-state index contributed by atoms with van der Waals surface area (Å²) in [6, 6.07) is 9.45. The fraction of sp³-hybridized carbons (Fsp3) is 0.200. The summed E-state index contributed by atoms with van der Waals surface area (Å²) in [6.45, 7) is 2.05. The van der Waals surface area contributed by atoms with Crippen molar-refractivity contribution < 1.29 is 32.6 Å². The maximum atomic E-state index is 13.3. The van der Waals surface area contributed by atoms with Crippen molar-refractivity contribution in [1.29, 1.82) is 0 Å². The molecule has 0 atom stereocenters. The van der Waals surface area contributed by atoms with Crippen LogP contribution in [0.4, 0.5) is 13.2 Å². The van der Waals surface area contributed by atoms with Crippen molar-refractivity contribution >= 4 is 35.1 Å². The van der Waals surface area contributed by atoms with Crippen LogP contribution in [0.5, 0.6) is 5.75 Å². The first-order valence-electron chi connectivity index (χ1n) is 10.4. The summed E-state index contributed by atoms with van der Waals surface area (Å²) in [5, 5.41) is 10.7. The highest BCUT2D eigenvalue weighted by Gasteiger charge is 2.21. The SMILES string of the molecule is Cc1ccc(-c2c(Cl)cc(F)cc2Cl)c2c1CCCO2.O=C(O)CNC(=O)c1c(F)cccc1F. The molecule has 3 aromatic carbocycles. The number of carboxylic acids is 1. The molecule has 5 nitrogen and oxygen atoms in total. The van der Waals surface area contributed by atoms with E-state index in [-0.39, 0.29) is 0 Å². The lowest BCUT2D eigenvalue weighted by Crippen LogP contribution is -2.30. The van der Waals surface area contributed by atoms with E-state index in [4.69, 9.17) is 33.0 Å². The second-order valence-electron chi connectivity index (χ2n) is 7.61. The highest BCUT2D eigenvalue weighted by Crippen LogP contribution is 2.44. The minimum Gasteiger partial charge on any atom is -0.493 e. The number of aryl methyl sites for hydroxylation is 1. The van der Waals surface area contributed by atoms with E-state index < -0.39 is 41.4 Å². The van der Waals surface area contributed by atoms with Gasteiger partial charge in [-0.15, -0.1) is 0 Å². The molecule has 0 saturated carbocycles. The first-order chi connectivity index (χ1) is 16.6. The molecule has 1 aliphatic heterocycles. The highest BCUT2D eigenvalue weighted by atomic mass is 35.5. The van der Waals surface area contributed by atoms with Gasteiger partial charge in [-0.25, -0.2) is 13.2 Å². The Morgan fingerprint density at radius 2 is 1.69 bits per heavy atom. The van der Waals surface area contributed by atoms with Gasteiger partial charge in [-0.2, -0.15) is 0 Å². The predicted octanol–water partition coefficient (Wildman–Crippen LogP) is 6.21. The Labute approximate surface area is 209 Å². The number of carbonyl (C=O) groups is 2. The van der Waals surface area contributed by atoms with E-state index in [9.17, 15) is 22.8 Å². The van der Waals surface area contributed by atoms with Crippen molar-refractivity contribution in [2.45, 2.75) is 19.8 Å². The van der Waals surface area contributed by atoms with Gasteiger partial charge in [-0.1, -0.05) is 41.4 Å². The fourth-order valence-corrected chi connectivity index (χ4v) is 4.24.